The first-order chi connectivity index (χ1) is 10.4. The average Bonchev–Trinajstić information content (AvgIpc) is 2.46. The van der Waals surface area contributed by atoms with Gasteiger partial charge in [0, 0.05) is 6.54 Å². The molecule has 7 heteroatoms. The maximum Gasteiger partial charge on any atom is 0.319 e. The van der Waals surface area contributed by atoms with E-state index in [1.807, 2.05) is 0 Å². The Balaban J connectivity index is 2.37. The molecule has 0 aliphatic heterocycles. The van der Waals surface area contributed by atoms with Gasteiger partial charge in [0.05, 0.1) is 5.69 Å². The summed E-state index contributed by atoms with van der Waals surface area (Å²) in [4.78, 5) is 11.7. The number of nitrogens with two attached hydrogens (primary N) is 1. The van der Waals surface area contributed by atoms with Crippen LogP contribution in [0.15, 0.2) is 29.2 Å². The number of hydrogen-bond donors (Lipinski definition) is 3. The van der Waals surface area contributed by atoms with E-state index >= 15 is 0 Å². The molecule has 0 bridgehead atoms. The summed E-state index contributed by atoms with van der Waals surface area (Å²) in [5.41, 5.74) is 0.186. The van der Waals surface area contributed by atoms with Gasteiger partial charge in [0.1, 0.15) is 4.90 Å². The first kappa shape index (κ1) is 18.4. The molecule has 0 spiro atoms. The average molecular weight is 327 g/mol. The van der Waals surface area contributed by atoms with Crippen LogP contribution in [0.25, 0.3) is 0 Å². The van der Waals surface area contributed by atoms with Crippen LogP contribution in [0.2, 0.25) is 0 Å². The summed E-state index contributed by atoms with van der Waals surface area (Å²) >= 11 is 0. The third kappa shape index (κ3) is 6.91. The molecule has 0 fully saturated rings. The van der Waals surface area contributed by atoms with E-state index in [9.17, 15) is 13.2 Å². The molecule has 0 saturated carbocycles. The Morgan fingerprint density at radius 2 is 1.73 bits per heavy atom. The zero-order chi connectivity index (χ0) is 16.4. The number of anilines is 1. The second-order valence-corrected chi connectivity index (χ2v) is 6.72. The molecule has 0 heterocycles. The minimum atomic E-state index is -3.86. The lowest BCUT2D eigenvalue weighted by Gasteiger charge is -2.10. The van der Waals surface area contributed by atoms with Crippen molar-refractivity contribution in [3.63, 3.8) is 0 Å². The van der Waals surface area contributed by atoms with Crippen molar-refractivity contribution in [3.8, 4) is 0 Å². The fraction of sp³-hybridized carbons (Fsp3) is 0.533. The van der Waals surface area contributed by atoms with E-state index in [-0.39, 0.29) is 10.6 Å². The summed E-state index contributed by atoms with van der Waals surface area (Å²) in [6, 6.07) is 5.63. The number of carbonyl (C=O) groups is 1. The number of amides is 2. The maximum absolute atomic E-state index is 11.8. The van der Waals surface area contributed by atoms with Crippen LogP contribution in [0.3, 0.4) is 0 Å². The van der Waals surface area contributed by atoms with Crippen molar-refractivity contribution in [1.82, 2.24) is 5.32 Å². The second-order valence-electron chi connectivity index (χ2n) is 5.19. The number of carbonyl (C=O) groups excluding carboxylic acids is 1. The molecule has 0 atom stereocenters. The van der Waals surface area contributed by atoms with Gasteiger partial charge in [-0.1, -0.05) is 51.2 Å². The van der Waals surface area contributed by atoms with Crippen molar-refractivity contribution in [2.75, 3.05) is 11.9 Å². The Hall–Kier alpha value is -1.60. The molecule has 1 aromatic rings. The molecule has 124 valence electrons. The predicted molar refractivity (Wildman–Crippen MR) is 88.2 cm³/mol. The quantitative estimate of drug-likeness (QED) is 0.608. The van der Waals surface area contributed by atoms with Crippen LogP contribution in [-0.4, -0.2) is 21.0 Å². The summed E-state index contributed by atoms with van der Waals surface area (Å²) in [5.74, 6) is 0. The molecule has 6 nitrogen and oxygen atoms in total. The van der Waals surface area contributed by atoms with Gasteiger partial charge in [0.2, 0.25) is 10.0 Å². The lowest BCUT2D eigenvalue weighted by Crippen LogP contribution is -2.30. The zero-order valence-electron chi connectivity index (χ0n) is 13.0. The number of nitrogens with one attached hydrogen (secondary N) is 2. The fourth-order valence-corrected chi connectivity index (χ4v) is 2.79. The Morgan fingerprint density at radius 3 is 2.41 bits per heavy atom. The summed E-state index contributed by atoms with van der Waals surface area (Å²) in [6.07, 6.45) is 6.85. The van der Waals surface area contributed by atoms with Crippen molar-refractivity contribution in [2.45, 2.75) is 50.3 Å². The lowest BCUT2D eigenvalue weighted by molar-refractivity contribution is 0.252. The van der Waals surface area contributed by atoms with E-state index in [0.29, 0.717) is 6.54 Å². The number of primary sulfonamides is 1. The first-order valence-electron chi connectivity index (χ1n) is 7.62. The van der Waals surface area contributed by atoms with Crippen molar-refractivity contribution >= 4 is 21.7 Å². The highest BCUT2D eigenvalue weighted by atomic mass is 32.2. The SMILES string of the molecule is CCCCCCCCNC(=O)Nc1ccccc1S(N)(=O)=O. The largest absolute Gasteiger partial charge is 0.338 e. The summed E-state index contributed by atoms with van der Waals surface area (Å²) in [5, 5.41) is 10.3. The van der Waals surface area contributed by atoms with Crippen LogP contribution in [0.4, 0.5) is 10.5 Å². The van der Waals surface area contributed by atoms with E-state index in [4.69, 9.17) is 5.14 Å². The van der Waals surface area contributed by atoms with Gasteiger partial charge in [-0.3, -0.25) is 0 Å². The molecule has 4 N–H and O–H groups in total. The van der Waals surface area contributed by atoms with Gasteiger partial charge >= 0.3 is 6.03 Å². The minimum absolute atomic E-state index is 0.0929. The summed E-state index contributed by atoms with van der Waals surface area (Å²) in [6.45, 7) is 2.74. The van der Waals surface area contributed by atoms with E-state index in [0.717, 1.165) is 12.8 Å². The zero-order valence-corrected chi connectivity index (χ0v) is 13.8. The molecular weight excluding hydrogens is 302 g/mol. The number of rotatable bonds is 9. The van der Waals surface area contributed by atoms with Crippen LogP contribution in [-0.2, 0) is 10.0 Å². The molecule has 1 aromatic carbocycles. The van der Waals surface area contributed by atoms with Crippen molar-refractivity contribution in [1.29, 1.82) is 0 Å². The highest BCUT2D eigenvalue weighted by Gasteiger charge is 2.14. The standard InChI is InChI=1S/C15H25N3O3S/c1-2-3-4-5-6-9-12-17-15(19)18-13-10-7-8-11-14(13)22(16,20)21/h7-8,10-11H,2-6,9,12H2,1H3,(H2,16,20,21)(H2,17,18,19). The van der Waals surface area contributed by atoms with Crippen LogP contribution < -0.4 is 15.8 Å². The van der Waals surface area contributed by atoms with Gasteiger partial charge < -0.3 is 10.6 Å². The van der Waals surface area contributed by atoms with E-state index in [1.54, 1.807) is 12.1 Å². The molecule has 0 aliphatic carbocycles. The third-order valence-electron chi connectivity index (χ3n) is 3.26. The number of unbranched alkanes of at least 4 members (excludes halogenated alkanes) is 5. The van der Waals surface area contributed by atoms with Crippen LogP contribution in [0, 0.1) is 0 Å². The Morgan fingerprint density at radius 1 is 1.09 bits per heavy atom. The summed E-state index contributed by atoms with van der Waals surface area (Å²) < 4.78 is 22.9. The Labute approximate surface area is 132 Å². The second kappa shape index (κ2) is 9.42. The molecule has 0 aliphatic rings. The summed E-state index contributed by atoms with van der Waals surface area (Å²) in [7, 11) is -3.86. The van der Waals surface area contributed by atoms with Crippen molar-refractivity contribution < 1.29 is 13.2 Å². The van der Waals surface area contributed by atoms with Crippen molar-refractivity contribution in [2.24, 2.45) is 5.14 Å². The number of urea groups is 1. The van der Waals surface area contributed by atoms with Gasteiger partial charge in [-0.15, -0.1) is 0 Å². The van der Waals surface area contributed by atoms with E-state index < -0.39 is 16.1 Å². The normalized spacial score (nSPS) is 11.2. The van der Waals surface area contributed by atoms with E-state index in [2.05, 4.69) is 17.6 Å². The molecule has 2 amide bonds. The molecule has 0 aromatic heterocycles. The predicted octanol–water partition coefficient (Wildman–Crippen LogP) is 2.82. The van der Waals surface area contributed by atoms with Crippen LogP contribution >= 0.6 is 0 Å². The first-order valence-corrected chi connectivity index (χ1v) is 9.16. The highest BCUT2D eigenvalue weighted by Crippen LogP contribution is 2.18. The van der Waals surface area contributed by atoms with Crippen LogP contribution in [0.1, 0.15) is 45.4 Å². The van der Waals surface area contributed by atoms with E-state index in [1.165, 1.54) is 37.8 Å². The molecule has 0 saturated heterocycles. The number of hydrogen-bond acceptors (Lipinski definition) is 3. The van der Waals surface area contributed by atoms with Gasteiger partial charge in [-0.2, -0.15) is 0 Å². The molecule has 0 radical (unpaired) electrons. The Bertz CT molecular complexity index is 573. The van der Waals surface area contributed by atoms with Gasteiger partial charge in [0.25, 0.3) is 0 Å². The Kier molecular flexibility index (Phi) is 7.90. The van der Waals surface area contributed by atoms with Gasteiger partial charge in [0.15, 0.2) is 0 Å². The molecular formula is C15H25N3O3S. The van der Waals surface area contributed by atoms with Gasteiger partial charge in [-0.25, -0.2) is 18.4 Å². The number of para-hydroxylation sites is 1. The minimum Gasteiger partial charge on any atom is -0.338 e. The smallest absolute Gasteiger partial charge is 0.319 e. The van der Waals surface area contributed by atoms with Gasteiger partial charge in [-0.05, 0) is 18.6 Å². The highest BCUT2D eigenvalue weighted by molar-refractivity contribution is 7.89. The fourth-order valence-electron chi connectivity index (χ4n) is 2.09. The third-order valence-corrected chi connectivity index (χ3v) is 4.23. The maximum atomic E-state index is 11.8. The van der Waals surface area contributed by atoms with Crippen molar-refractivity contribution in [3.05, 3.63) is 24.3 Å². The number of benzene rings is 1. The molecule has 1 rings (SSSR count). The molecule has 0 unspecified atom stereocenters. The molecule has 22 heavy (non-hydrogen) atoms. The van der Waals surface area contributed by atoms with Crippen LogP contribution in [0.5, 0.6) is 0 Å². The topological polar surface area (TPSA) is 101 Å². The number of sulfonamides is 1. The lowest BCUT2D eigenvalue weighted by atomic mass is 10.1. The monoisotopic (exact) mass is 327 g/mol.